The second-order valence-electron chi connectivity index (χ2n) is 10.9. The van der Waals surface area contributed by atoms with E-state index >= 15 is 0 Å². The predicted octanol–water partition coefficient (Wildman–Crippen LogP) is 9.59. The van der Waals surface area contributed by atoms with Gasteiger partial charge in [-0.3, -0.25) is 4.99 Å². The third kappa shape index (κ3) is 4.13. The first-order valence-corrected chi connectivity index (χ1v) is 14.2. The van der Waals surface area contributed by atoms with Gasteiger partial charge >= 0.3 is 0 Å². The second kappa shape index (κ2) is 9.80. The maximum Gasteiger partial charge on any atom is 0.102 e. The Morgan fingerprint density at radius 3 is 2.19 bits per heavy atom. The van der Waals surface area contributed by atoms with Gasteiger partial charge < -0.3 is 0 Å². The lowest BCUT2D eigenvalue weighted by Gasteiger charge is -2.26. The van der Waals surface area contributed by atoms with Crippen molar-refractivity contribution in [2.24, 2.45) is 10.9 Å². The summed E-state index contributed by atoms with van der Waals surface area (Å²) in [6.07, 6.45) is 10.5. The summed E-state index contributed by atoms with van der Waals surface area (Å²) in [6, 6.07) is 40.7. The number of hydrogen-bond donors (Lipinski definition) is 0. The van der Waals surface area contributed by atoms with Crippen LogP contribution in [-0.2, 0) is 0 Å². The third-order valence-corrected chi connectivity index (χ3v) is 8.44. The number of benzene rings is 5. The number of rotatable bonds is 3. The van der Waals surface area contributed by atoms with E-state index < -0.39 is 0 Å². The molecule has 5 aromatic carbocycles. The van der Waals surface area contributed by atoms with Crippen LogP contribution in [0, 0.1) is 17.2 Å². The topological polar surface area (TPSA) is 49.0 Å². The minimum atomic E-state index is 0.0434. The molecule has 196 valence electrons. The van der Waals surface area contributed by atoms with E-state index in [9.17, 15) is 0 Å². The van der Waals surface area contributed by atoms with Crippen molar-refractivity contribution in [1.29, 1.82) is 5.26 Å². The lowest BCUT2D eigenvalue weighted by atomic mass is 9.86. The molecule has 0 saturated heterocycles. The van der Waals surface area contributed by atoms with Crippen LogP contribution < -0.4 is 0 Å². The number of aromatic nitrogens is 1. The van der Waals surface area contributed by atoms with Crippen LogP contribution in [0.5, 0.6) is 0 Å². The summed E-state index contributed by atoms with van der Waals surface area (Å²) in [5.74, 6) is 0.266. The van der Waals surface area contributed by atoms with E-state index in [1.165, 1.54) is 32.7 Å². The molecular weight excluding hydrogens is 510 g/mol. The lowest BCUT2D eigenvalue weighted by Crippen LogP contribution is -2.16. The Morgan fingerprint density at radius 2 is 1.38 bits per heavy atom. The summed E-state index contributed by atoms with van der Waals surface area (Å²) < 4.78 is 0. The normalized spacial score (nSPS) is 16.7. The number of allylic oxidation sites excluding steroid dienone is 1. The Morgan fingerprint density at radius 1 is 0.643 bits per heavy atom. The van der Waals surface area contributed by atoms with Gasteiger partial charge in [0.2, 0.25) is 0 Å². The molecule has 0 fully saturated rings. The molecule has 0 spiro atoms. The van der Waals surface area contributed by atoms with Crippen LogP contribution in [0.15, 0.2) is 132 Å². The average molecular weight is 536 g/mol. The van der Waals surface area contributed by atoms with Gasteiger partial charge in [0.05, 0.1) is 23.0 Å². The third-order valence-electron chi connectivity index (χ3n) is 8.44. The van der Waals surface area contributed by atoms with Crippen LogP contribution in [0.3, 0.4) is 0 Å². The molecule has 0 saturated carbocycles. The number of hydrogen-bond acceptors (Lipinski definition) is 3. The summed E-state index contributed by atoms with van der Waals surface area (Å²) >= 11 is 0. The maximum atomic E-state index is 9.14. The van der Waals surface area contributed by atoms with Crippen molar-refractivity contribution in [1.82, 2.24) is 4.98 Å². The number of nitriles is 1. The van der Waals surface area contributed by atoms with Gasteiger partial charge in [0.15, 0.2) is 0 Å². The van der Waals surface area contributed by atoms with E-state index in [2.05, 4.69) is 109 Å². The van der Waals surface area contributed by atoms with E-state index in [0.717, 1.165) is 33.6 Å². The lowest BCUT2D eigenvalue weighted by molar-refractivity contribution is 0.595. The zero-order chi connectivity index (χ0) is 28.0. The molecule has 0 amide bonds. The van der Waals surface area contributed by atoms with E-state index in [1.54, 1.807) is 0 Å². The molecule has 1 aromatic heterocycles. The summed E-state index contributed by atoms with van der Waals surface area (Å²) in [7, 11) is 0. The van der Waals surface area contributed by atoms with Gasteiger partial charge in [-0.1, -0.05) is 91.0 Å². The van der Waals surface area contributed by atoms with Crippen molar-refractivity contribution < 1.29 is 0 Å². The number of nitrogens with zero attached hydrogens (tertiary/aromatic N) is 3. The highest BCUT2D eigenvalue weighted by atomic mass is 14.9. The van der Waals surface area contributed by atoms with E-state index in [1.807, 2.05) is 36.6 Å². The Hall–Kier alpha value is -5.59. The zero-order valence-corrected chi connectivity index (χ0v) is 22.8. The van der Waals surface area contributed by atoms with Crippen molar-refractivity contribution in [2.75, 3.05) is 0 Å². The van der Waals surface area contributed by atoms with Crippen molar-refractivity contribution in [3.05, 3.63) is 144 Å². The molecule has 3 nitrogen and oxygen atoms in total. The summed E-state index contributed by atoms with van der Waals surface area (Å²) in [6.45, 7) is 0. The van der Waals surface area contributed by atoms with Gasteiger partial charge in [-0.15, -0.1) is 0 Å². The number of pyridine rings is 1. The summed E-state index contributed by atoms with van der Waals surface area (Å²) in [5, 5.41) is 13.9. The Balaban J connectivity index is 1.16. The van der Waals surface area contributed by atoms with Crippen LogP contribution in [0.25, 0.3) is 61.1 Å². The molecule has 2 aliphatic rings. The number of aliphatic imine (C=N–C) groups is 1. The quantitative estimate of drug-likeness (QED) is 0.226. The van der Waals surface area contributed by atoms with Crippen LogP contribution in [-0.4, -0.2) is 11.2 Å². The first-order chi connectivity index (χ1) is 20.7. The predicted molar refractivity (Wildman–Crippen MR) is 173 cm³/mol. The molecule has 2 atom stereocenters. The largest absolute Gasteiger partial charge is 0.282 e. The van der Waals surface area contributed by atoms with Gasteiger partial charge in [-0.2, -0.15) is 5.26 Å². The average Bonchev–Trinajstić information content (AvgIpc) is 3.07. The van der Waals surface area contributed by atoms with Crippen LogP contribution in [0.4, 0.5) is 0 Å². The first kappa shape index (κ1) is 24.2. The van der Waals surface area contributed by atoms with Gasteiger partial charge in [0.1, 0.15) is 6.04 Å². The monoisotopic (exact) mass is 535 g/mol. The highest BCUT2D eigenvalue weighted by Gasteiger charge is 2.27. The number of dihydropyridines is 1. The fraction of sp³-hybridized carbons (Fsp3) is 0.0513. The van der Waals surface area contributed by atoms with Crippen LogP contribution >= 0.6 is 0 Å². The Kier molecular flexibility index (Phi) is 5.65. The molecule has 1 aliphatic carbocycles. The van der Waals surface area contributed by atoms with Crippen LogP contribution in [0.2, 0.25) is 0 Å². The van der Waals surface area contributed by atoms with Gasteiger partial charge in [-0.05, 0) is 91.8 Å². The number of fused-ring (bicyclic) bond motifs is 5. The van der Waals surface area contributed by atoms with Crippen molar-refractivity contribution in [2.45, 2.75) is 6.04 Å². The highest BCUT2D eigenvalue weighted by Crippen LogP contribution is 2.39. The fourth-order valence-corrected chi connectivity index (χ4v) is 6.21. The van der Waals surface area contributed by atoms with Crippen molar-refractivity contribution in [3.63, 3.8) is 0 Å². The molecule has 8 rings (SSSR count). The molecule has 42 heavy (non-hydrogen) atoms. The molecular formula is C39H25N3. The van der Waals surface area contributed by atoms with Gasteiger partial charge in [-0.25, -0.2) is 4.98 Å². The fourth-order valence-electron chi connectivity index (χ4n) is 6.21. The van der Waals surface area contributed by atoms with Crippen LogP contribution in [0.1, 0.15) is 22.9 Å². The smallest absolute Gasteiger partial charge is 0.102 e. The van der Waals surface area contributed by atoms with E-state index in [0.29, 0.717) is 5.56 Å². The zero-order valence-electron chi connectivity index (χ0n) is 22.8. The standard InChI is InChI=1S/C39H25N3/c40-24-25-6-8-26(9-7-25)30-14-10-27-11-15-31(23-34(27)22-30)32-16-18-35-33(21-32)3-1-5-36(35)37-19-17-29-13-12-28-4-2-20-41-38(28)39(29)42-37/h1-23,28,38H. The van der Waals surface area contributed by atoms with E-state index in [-0.39, 0.29) is 12.0 Å². The maximum absolute atomic E-state index is 9.14. The second-order valence-corrected chi connectivity index (χ2v) is 10.9. The highest BCUT2D eigenvalue weighted by molar-refractivity contribution is 5.99. The van der Waals surface area contributed by atoms with E-state index in [4.69, 9.17) is 15.2 Å². The minimum absolute atomic E-state index is 0.0434. The molecule has 2 unspecified atom stereocenters. The minimum Gasteiger partial charge on any atom is -0.282 e. The molecule has 0 bridgehead atoms. The summed E-state index contributed by atoms with van der Waals surface area (Å²) in [5.41, 5.74) is 9.58. The first-order valence-electron chi connectivity index (χ1n) is 14.2. The molecule has 0 radical (unpaired) electrons. The van der Waals surface area contributed by atoms with Crippen molar-refractivity contribution in [3.8, 4) is 39.6 Å². The van der Waals surface area contributed by atoms with Gasteiger partial charge in [0.25, 0.3) is 0 Å². The SMILES string of the molecule is N#Cc1ccc(-c2ccc3ccc(-c4ccc5c(-c6ccc7c(n6)C6N=CC=CC6C=C7)cccc5c4)cc3c2)cc1. The molecule has 0 N–H and O–H groups in total. The molecule has 6 aromatic rings. The molecule has 2 heterocycles. The molecule has 1 aliphatic heterocycles. The Bertz CT molecular complexity index is 2160. The van der Waals surface area contributed by atoms with Crippen molar-refractivity contribution >= 4 is 33.8 Å². The summed E-state index contributed by atoms with van der Waals surface area (Å²) in [4.78, 5) is 9.91. The Labute approximate surface area is 244 Å². The van der Waals surface area contributed by atoms with Gasteiger partial charge in [0, 0.05) is 17.7 Å². The molecule has 3 heteroatoms.